The molecule has 33 heavy (non-hydrogen) atoms. The normalized spacial score (nSPS) is 17.0. The second-order valence-corrected chi connectivity index (χ2v) is 8.21. The maximum Gasteiger partial charge on any atom is 0.303 e. The highest BCUT2D eigenvalue weighted by molar-refractivity contribution is 6.30. The van der Waals surface area contributed by atoms with Crippen LogP contribution in [0.15, 0.2) is 48.5 Å². The minimum absolute atomic E-state index is 0.0348. The van der Waals surface area contributed by atoms with Crippen molar-refractivity contribution in [1.82, 2.24) is 14.8 Å². The van der Waals surface area contributed by atoms with Gasteiger partial charge in [-0.15, -0.1) is 5.10 Å². The average Bonchev–Trinajstić information content (AvgIpc) is 3.21. The molecule has 172 valence electrons. The van der Waals surface area contributed by atoms with Gasteiger partial charge in [-0.2, -0.15) is 4.98 Å². The monoisotopic (exact) mass is 469 g/mol. The molecule has 2 heterocycles. The van der Waals surface area contributed by atoms with Gasteiger partial charge in [-0.1, -0.05) is 35.9 Å². The molecule has 0 saturated carbocycles. The summed E-state index contributed by atoms with van der Waals surface area (Å²) in [5, 5.41) is 20.0. The van der Waals surface area contributed by atoms with Crippen LogP contribution in [0.1, 0.15) is 48.9 Å². The molecule has 2 aromatic carbocycles. The fourth-order valence-electron chi connectivity index (χ4n) is 3.84. The Kier molecular flexibility index (Phi) is 6.79. The molecule has 3 N–H and O–H groups in total. The zero-order valence-corrected chi connectivity index (χ0v) is 18.7. The van der Waals surface area contributed by atoms with Crippen LogP contribution in [0.5, 0.6) is 5.75 Å². The van der Waals surface area contributed by atoms with E-state index >= 15 is 0 Å². The lowest BCUT2D eigenvalue weighted by Gasteiger charge is -2.31. The zero-order chi connectivity index (χ0) is 23.4. The topological polar surface area (TPSA) is 118 Å². The Morgan fingerprint density at radius 3 is 2.52 bits per heavy atom. The molecule has 0 bridgehead atoms. The Bertz CT molecular complexity index is 1130. The van der Waals surface area contributed by atoms with Crippen molar-refractivity contribution in [3.05, 3.63) is 64.7 Å². The van der Waals surface area contributed by atoms with Crippen molar-refractivity contribution in [3.8, 4) is 5.75 Å². The third-order valence-corrected chi connectivity index (χ3v) is 5.76. The van der Waals surface area contributed by atoms with Crippen LogP contribution in [-0.2, 0) is 9.59 Å². The van der Waals surface area contributed by atoms with Gasteiger partial charge in [-0.05, 0) is 48.2 Å². The van der Waals surface area contributed by atoms with E-state index in [0.29, 0.717) is 17.4 Å². The van der Waals surface area contributed by atoms with Crippen LogP contribution in [0.3, 0.4) is 0 Å². The summed E-state index contributed by atoms with van der Waals surface area (Å²) in [6.45, 7) is 0. The molecule has 0 fully saturated rings. The number of carbonyl (C=O) groups is 2. The van der Waals surface area contributed by atoms with Gasteiger partial charge >= 0.3 is 5.97 Å². The maximum atomic E-state index is 12.2. The van der Waals surface area contributed by atoms with E-state index in [1.54, 1.807) is 11.8 Å². The number of methoxy groups -OCH3 is 1. The molecule has 2 atom stereocenters. The Labute approximate surface area is 195 Å². The van der Waals surface area contributed by atoms with Gasteiger partial charge < -0.3 is 15.2 Å². The van der Waals surface area contributed by atoms with E-state index < -0.39 is 5.97 Å². The predicted molar refractivity (Wildman–Crippen MR) is 124 cm³/mol. The summed E-state index contributed by atoms with van der Waals surface area (Å²) in [6.07, 6.45) is 0.971. The molecule has 1 aliphatic rings. The number of anilines is 2. The summed E-state index contributed by atoms with van der Waals surface area (Å²) in [4.78, 5) is 27.3. The van der Waals surface area contributed by atoms with Crippen molar-refractivity contribution >= 4 is 35.4 Å². The number of rotatable bonds is 8. The SMILES string of the molecule is COc1ccc(C2CC(c3ccc(Cl)cc3)n3nc(NC(=O)CCCC(=O)O)nc3N2)cc1. The van der Waals surface area contributed by atoms with Crippen molar-refractivity contribution < 1.29 is 19.4 Å². The number of nitrogens with one attached hydrogen (secondary N) is 2. The van der Waals surface area contributed by atoms with Gasteiger partial charge in [0.2, 0.25) is 11.9 Å². The Balaban J connectivity index is 1.59. The summed E-state index contributed by atoms with van der Waals surface area (Å²) in [7, 11) is 1.63. The van der Waals surface area contributed by atoms with Gasteiger partial charge in [0.1, 0.15) is 5.75 Å². The summed E-state index contributed by atoms with van der Waals surface area (Å²) >= 11 is 6.08. The summed E-state index contributed by atoms with van der Waals surface area (Å²) in [5.41, 5.74) is 2.09. The third kappa shape index (κ3) is 5.43. The molecule has 0 saturated heterocycles. The molecule has 1 aliphatic heterocycles. The van der Waals surface area contributed by atoms with Gasteiger partial charge in [0.15, 0.2) is 0 Å². The Morgan fingerprint density at radius 1 is 1.15 bits per heavy atom. The van der Waals surface area contributed by atoms with Crippen LogP contribution in [0, 0.1) is 0 Å². The van der Waals surface area contributed by atoms with E-state index in [-0.39, 0.29) is 43.2 Å². The van der Waals surface area contributed by atoms with E-state index in [1.807, 2.05) is 48.5 Å². The van der Waals surface area contributed by atoms with Gasteiger partial charge in [0.25, 0.3) is 5.95 Å². The molecule has 0 aliphatic carbocycles. The van der Waals surface area contributed by atoms with Gasteiger partial charge in [-0.3, -0.25) is 14.9 Å². The molecule has 9 nitrogen and oxygen atoms in total. The summed E-state index contributed by atoms with van der Waals surface area (Å²) in [6, 6.07) is 15.3. The van der Waals surface area contributed by atoms with Crippen LogP contribution >= 0.6 is 11.6 Å². The molecule has 0 spiro atoms. The van der Waals surface area contributed by atoms with E-state index in [0.717, 1.165) is 16.9 Å². The largest absolute Gasteiger partial charge is 0.497 e. The number of nitrogens with zero attached hydrogens (tertiary/aromatic N) is 3. The number of aromatic nitrogens is 3. The van der Waals surface area contributed by atoms with Crippen LogP contribution in [-0.4, -0.2) is 38.9 Å². The minimum Gasteiger partial charge on any atom is -0.497 e. The van der Waals surface area contributed by atoms with Crippen molar-refractivity contribution in [2.45, 2.75) is 37.8 Å². The predicted octanol–water partition coefficient (Wildman–Crippen LogP) is 4.28. The highest BCUT2D eigenvalue weighted by atomic mass is 35.5. The van der Waals surface area contributed by atoms with Crippen molar-refractivity contribution in [2.24, 2.45) is 0 Å². The van der Waals surface area contributed by atoms with Gasteiger partial charge in [0, 0.05) is 17.9 Å². The molecule has 2 unspecified atom stereocenters. The summed E-state index contributed by atoms with van der Waals surface area (Å²) < 4.78 is 7.02. The lowest BCUT2D eigenvalue weighted by Crippen LogP contribution is -2.28. The molecule has 1 aromatic heterocycles. The van der Waals surface area contributed by atoms with Crippen LogP contribution in [0.4, 0.5) is 11.9 Å². The second-order valence-electron chi connectivity index (χ2n) is 7.77. The lowest BCUT2D eigenvalue weighted by molar-refractivity contribution is -0.137. The zero-order valence-electron chi connectivity index (χ0n) is 18.0. The quantitative estimate of drug-likeness (QED) is 0.450. The standard InChI is InChI=1S/C23H24ClN5O4/c1-33-17-11-7-14(8-12-17)18-13-19(15-5-9-16(24)10-6-15)29-23(25-18)27-22(28-29)26-20(30)3-2-4-21(31)32/h5-12,18-19H,2-4,13H2,1H3,(H,31,32)(H2,25,26,27,28,30). The first kappa shape index (κ1) is 22.6. The fraction of sp³-hybridized carbons (Fsp3) is 0.304. The summed E-state index contributed by atoms with van der Waals surface area (Å²) in [5.74, 6) is 0.224. The Morgan fingerprint density at radius 2 is 1.85 bits per heavy atom. The molecule has 4 rings (SSSR count). The van der Waals surface area contributed by atoms with Crippen LogP contribution in [0.25, 0.3) is 0 Å². The average molecular weight is 470 g/mol. The van der Waals surface area contributed by atoms with E-state index in [9.17, 15) is 9.59 Å². The van der Waals surface area contributed by atoms with E-state index in [4.69, 9.17) is 21.4 Å². The van der Waals surface area contributed by atoms with E-state index in [1.165, 1.54) is 0 Å². The second kappa shape index (κ2) is 9.91. The highest BCUT2D eigenvalue weighted by Gasteiger charge is 2.31. The number of halogens is 1. The van der Waals surface area contributed by atoms with Crippen LogP contribution in [0.2, 0.25) is 5.02 Å². The van der Waals surface area contributed by atoms with Crippen molar-refractivity contribution in [3.63, 3.8) is 0 Å². The highest BCUT2D eigenvalue weighted by Crippen LogP contribution is 2.38. The molecule has 1 amide bonds. The molecular formula is C23H24ClN5O4. The Hall–Kier alpha value is -3.59. The van der Waals surface area contributed by atoms with Crippen LogP contribution < -0.4 is 15.4 Å². The van der Waals surface area contributed by atoms with Crippen molar-refractivity contribution in [1.29, 1.82) is 0 Å². The van der Waals surface area contributed by atoms with Gasteiger partial charge in [-0.25, -0.2) is 4.68 Å². The first-order valence-corrected chi connectivity index (χ1v) is 10.9. The number of amides is 1. The number of aliphatic carboxylic acids is 1. The smallest absolute Gasteiger partial charge is 0.303 e. The first-order valence-electron chi connectivity index (χ1n) is 10.6. The number of hydrogen-bond acceptors (Lipinski definition) is 6. The van der Waals surface area contributed by atoms with Gasteiger partial charge in [0.05, 0.1) is 19.2 Å². The molecule has 0 radical (unpaired) electrons. The number of hydrogen-bond donors (Lipinski definition) is 3. The number of benzene rings is 2. The number of fused-ring (bicyclic) bond motifs is 1. The van der Waals surface area contributed by atoms with E-state index in [2.05, 4.69) is 20.7 Å². The minimum atomic E-state index is -0.932. The molecular weight excluding hydrogens is 446 g/mol. The fourth-order valence-corrected chi connectivity index (χ4v) is 3.96. The number of ether oxygens (including phenoxy) is 1. The first-order chi connectivity index (χ1) is 15.9. The van der Waals surface area contributed by atoms with Crippen molar-refractivity contribution in [2.75, 3.05) is 17.7 Å². The number of carbonyl (C=O) groups excluding carboxylic acids is 1. The molecule has 10 heteroatoms. The lowest BCUT2D eigenvalue weighted by atomic mass is 9.93. The maximum absolute atomic E-state index is 12.2. The molecule has 3 aromatic rings. The number of carboxylic acid groups (broad SMARTS) is 1. The number of carboxylic acids is 1. The third-order valence-electron chi connectivity index (χ3n) is 5.51.